The molecule has 1 heterocycles. The highest BCUT2D eigenvalue weighted by atomic mass is 16.1. The minimum absolute atomic E-state index is 0.309. The number of hydrogen-bond acceptors (Lipinski definition) is 2. The molecule has 0 aromatic heterocycles. The number of rotatable bonds is 6. The molecular formula is C17H25NO. The fraction of sp³-hybridized carbons (Fsp3) is 0.588. The van der Waals surface area contributed by atoms with Crippen molar-refractivity contribution in [2.75, 3.05) is 18.0 Å². The van der Waals surface area contributed by atoms with Gasteiger partial charge < -0.3 is 4.90 Å². The standard InChI is InChI=1S/C17H25NO/c1-2-3-4-5-8-13-18-14-9-12-17(19)15-10-6-7-11-16(15)18/h6-7,10-11H,2-5,8-9,12-14H2,1H3. The Bertz CT molecular complexity index is 413. The topological polar surface area (TPSA) is 20.3 Å². The van der Waals surface area contributed by atoms with Crippen LogP contribution in [0, 0.1) is 0 Å². The number of nitrogens with zero attached hydrogens (tertiary/aromatic N) is 1. The van der Waals surface area contributed by atoms with Gasteiger partial charge in [-0.2, -0.15) is 0 Å². The summed E-state index contributed by atoms with van der Waals surface area (Å²) in [4.78, 5) is 14.4. The number of carbonyl (C=O) groups excluding carboxylic acids is 1. The highest BCUT2D eigenvalue weighted by molar-refractivity contribution is 6.01. The molecule has 1 aliphatic heterocycles. The molecule has 2 heteroatoms. The molecule has 0 fully saturated rings. The van der Waals surface area contributed by atoms with E-state index in [0.717, 1.165) is 30.8 Å². The number of unbranched alkanes of at least 4 members (excludes halogenated alkanes) is 4. The summed E-state index contributed by atoms with van der Waals surface area (Å²) in [7, 11) is 0. The number of ketones is 1. The summed E-state index contributed by atoms with van der Waals surface area (Å²) in [6.07, 6.45) is 8.20. The average Bonchev–Trinajstić information content (AvgIpc) is 2.59. The molecule has 0 N–H and O–H groups in total. The Morgan fingerprint density at radius 1 is 1.11 bits per heavy atom. The third-order valence-electron chi connectivity index (χ3n) is 3.91. The van der Waals surface area contributed by atoms with Crippen molar-refractivity contribution in [3.8, 4) is 0 Å². The summed E-state index contributed by atoms with van der Waals surface area (Å²) in [5.74, 6) is 0.309. The van der Waals surface area contributed by atoms with Gasteiger partial charge in [0.2, 0.25) is 0 Å². The first kappa shape index (κ1) is 14.1. The summed E-state index contributed by atoms with van der Waals surface area (Å²) in [6, 6.07) is 8.10. The van der Waals surface area contributed by atoms with Crippen molar-refractivity contribution >= 4 is 11.5 Å². The first-order chi connectivity index (χ1) is 9.33. The van der Waals surface area contributed by atoms with E-state index >= 15 is 0 Å². The number of hydrogen-bond donors (Lipinski definition) is 0. The van der Waals surface area contributed by atoms with E-state index in [4.69, 9.17) is 0 Å². The van der Waals surface area contributed by atoms with Crippen molar-refractivity contribution in [2.24, 2.45) is 0 Å². The maximum absolute atomic E-state index is 12.0. The van der Waals surface area contributed by atoms with Crippen LogP contribution in [-0.2, 0) is 0 Å². The zero-order chi connectivity index (χ0) is 13.5. The van der Waals surface area contributed by atoms with Gasteiger partial charge in [0.25, 0.3) is 0 Å². The van der Waals surface area contributed by atoms with Crippen LogP contribution in [-0.4, -0.2) is 18.9 Å². The molecule has 104 valence electrons. The maximum Gasteiger partial charge on any atom is 0.165 e. The first-order valence-corrected chi connectivity index (χ1v) is 7.70. The molecule has 0 saturated carbocycles. The van der Waals surface area contributed by atoms with E-state index in [1.54, 1.807) is 0 Å². The third kappa shape index (κ3) is 3.82. The number of carbonyl (C=O) groups is 1. The molecule has 2 rings (SSSR count). The minimum atomic E-state index is 0.309. The van der Waals surface area contributed by atoms with E-state index in [2.05, 4.69) is 17.9 Å². The Labute approximate surface area is 116 Å². The summed E-state index contributed by atoms with van der Waals surface area (Å²) >= 11 is 0. The fourth-order valence-corrected chi connectivity index (χ4v) is 2.81. The average molecular weight is 259 g/mol. The van der Waals surface area contributed by atoms with Crippen LogP contribution in [0.3, 0.4) is 0 Å². The van der Waals surface area contributed by atoms with Gasteiger partial charge in [-0.3, -0.25) is 4.79 Å². The maximum atomic E-state index is 12.0. The second-order valence-corrected chi connectivity index (χ2v) is 5.45. The predicted octanol–water partition coefficient (Wildman–Crippen LogP) is 4.44. The van der Waals surface area contributed by atoms with Gasteiger partial charge in [0, 0.05) is 30.8 Å². The number of benzene rings is 1. The second-order valence-electron chi connectivity index (χ2n) is 5.45. The van der Waals surface area contributed by atoms with Gasteiger partial charge in [-0.25, -0.2) is 0 Å². The molecular weight excluding hydrogens is 234 g/mol. The first-order valence-electron chi connectivity index (χ1n) is 7.70. The number of anilines is 1. The van der Waals surface area contributed by atoms with Crippen LogP contribution in [0.2, 0.25) is 0 Å². The molecule has 0 spiro atoms. The fourth-order valence-electron chi connectivity index (χ4n) is 2.81. The zero-order valence-electron chi connectivity index (χ0n) is 12.0. The van der Waals surface area contributed by atoms with E-state index in [-0.39, 0.29) is 0 Å². The lowest BCUT2D eigenvalue weighted by molar-refractivity contribution is 0.0984. The number of para-hydroxylation sites is 1. The van der Waals surface area contributed by atoms with Crippen molar-refractivity contribution in [2.45, 2.75) is 51.9 Å². The molecule has 1 aliphatic rings. The van der Waals surface area contributed by atoms with Crippen LogP contribution >= 0.6 is 0 Å². The quantitative estimate of drug-likeness (QED) is 0.704. The van der Waals surface area contributed by atoms with Crippen molar-refractivity contribution in [3.05, 3.63) is 29.8 Å². The molecule has 1 aromatic carbocycles. The largest absolute Gasteiger partial charge is 0.371 e. The van der Waals surface area contributed by atoms with Crippen molar-refractivity contribution < 1.29 is 4.79 Å². The highest BCUT2D eigenvalue weighted by Crippen LogP contribution is 2.26. The minimum Gasteiger partial charge on any atom is -0.371 e. The van der Waals surface area contributed by atoms with E-state index in [0.29, 0.717) is 12.2 Å². The molecule has 0 saturated heterocycles. The van der Waals surface area contributed by atoms with Gasteiger partial charge in [0.15, 0.2) is 5.78 Å². The molecule has 0 atom stereocenters. The SMILES string of the molecule is CCCCCCCN1CCCC(=O)c2ccccc21. The molecule has 2 nitrogen and oxygen atoms in total. The van der Waals surface area contributed by atoms with Crippen molar-refractivity contribution in [1.29, 1.82) is 0 Å². The van der Waals surface area contributed by atoms with Gasteiger partial charge in [-0.1, -0.05) is 44.7 Å². The van der Waals surface area contributed by atoms with Gasteiger partial charge in [0.1, 0.15) is 0 Å². The number of Topliss-reactive ketones (excluding diaryl/α,β-unsaturated/α-hetero) is 1. The lowest BCUT2D eigenvalue weighted by Gasteiger charge is -2.24. The van der Waals surface area contributed by atoms with Crippen LogP contribution in [0.4, 0.5) is 5.69 Å². The van der Waals surface area contributed by atoms with Gasteiger partial charge in [-0.15, -0.1) is 0 Å². The predicted molar refractivity (Wildman–Crippen MR) is 81.0 cm³/mol. The van der Waals surface area contributed by atoms with Gasteiger partial charge in [-0.05, 0) is 25.0 Å². The monoisotopic (exact) mass is 259 g/mol. The highest BCUT2D eigenvalue weighted by Gasteiger charge is 2.19. The smallest absolute Gasteiger partial charge is 0.165 e. The number of fused-ring (bicyclic) bond motifs is 1. The Hall–Kier alpha value is -1.31. The van der Waals surface area contributed by atoms with Crippen molar-refractivity contribution in [3.63, 3.8) is 0 Å². The zero-order valence-corrected chi connectivity index (χ0v) is 12.0. The van der Waals surface area contributed by atoms with Crippen LogP contribution < -0.4 is 4.90 Å². The molecule has 0 radical (unpaired) electrons. The van der Waals surface area contributed by atoms with E-state index in [1.165, 1.54) is 32.1 Å². The Balaban J connectivity index is 1.96. The Kier molecular flexibility index (Phi) is 5.44. The van der Waals surface area contributed by atoms with E-state index < -0.39 is 0 Å². The van der Waals surface area contributed by atoms with Crippen LogP contribution in [0.25, 0.3) is 0 Å². The van der Waals surface area contributed by atoms with Crippen molar-refractivity contribution in [1.82, 2.24) is 0 Å². The van der Waals surface area contributed by atoms with E-state index in [1.807, 2.05) is 18.2 Å². The van der Waals surface area contributed by atoms with Gasteiger partial charge >= 0.3 is 0 Å². The van der Waals surface area contributed by atoms with Gasteiger partial charge in [0.05, 0.1) is 0 Å². The molecule has 0 unspecified atom stereocenters. The van der Waals surface area contributed by atoms with Crippen LogP contribution in [0.15, 0.2) is 24.3 Å². The van der Waals surface area contributed by atoms with E-state index in [9.17, 15) is 4.79 Å². The molecule has 0 bridgehead atoms. The molecule has 0 aliphatic carbocycles. The molecule has 19 heavy (non-hydrogen) atoms. The van der Waals surface area contributed by atoms with Crippen LogP contribution in [0.1, 0.15) is 62.2 Å². The second kappa shape index (κ2) is 7.32. The summed E-state index contributed by atoms with van der Waals surface area (Å²) in [5.41, 5.74) is 2.08. The summed E-state index contributed by atoms with van der Waals surface area (Å²) < 4.78 is 0. The Morgan fingerprint density at radius 3 is 2.74 bits per heavy atom. The summed E-state index contributed by atoms with van der Waals surface area (Å²) in [6.45, 7) is 4.36. The molecule has 1 aromatic rings. The molecule has 0 amide bonds. The third-order valence-corrected chi connectivity index (χ3v) is 3.91. The lowest BCUT2D eigenvalue weighted by Crippen LogP contribution is -2.25. The Morgan fingerprint density at radius 2 is 1.89 bits per heavy atom. The summed E-state index contributed by atoms with van der Waals surface area (Å²) in [5, 5.41) is 0. The normalized spacial score (nSPS) is 15.2. The lowest BCUT2D eigenvalue weighted by atomic mass is 10.1. The van der Waals surface area contributed by atoms with Crippen LogP contribution in [0.5, 0.6) is 0 Å².